The average molecular weight is 337 g/mol. The molecule has 0 aliphatic carbocycles. The highest BCUT2D eigenvalue weighted by molar-refractivity contribution is 5.59. The van der Waals surface area contributed by atoms with Crippen LogP contribution >= 0.6 is 0 Å². The molecule has 0 saturated carbocycles. The molecule has 0 amide bonds. The molecular formula is C23H44O. The van der Waals surface area contributed by atoms with Gasteiger partial charge in [0.25, 0.3) is 0 Å². The van der Waals surface area contributed by atoms with Crippen molar-refractivity contribution in [2.45, 2.75) is 124 Å². The molecule has 0 heterocycles. The number of aldehydes is 1. The van der Waals surface area contributed by atoms with Crippen LogP contribution in [-0.2, 0) is 4.79 Å². The molecule has 1 nitrogen and oxygen atoms in total. The zero-order chi connectivity index (χ0) is 17.9. The number of carbonyl (C=O) groups excluding carboxylic acids is 1. The van der Waals surface area contributed by atoms with E-state index in [1.54, 1.807) is 0 Å². The van der Waals surface area contributed by atoms with Crippen LogP contribution in [0.1, 0.15) is 124 Å². The third-order valence-electron chi connectivity index (χ3n) is 5.39. The summed E-state index contributed by atoms with van der Waals surface area (Å²) in [6.45, 7) is 6.63. The first kappa shape index (κ1) is 23.4. The first-order valence-corrected chi connectivity index (χ1v) is 10.9. The van der Waals surface area contributed by atoms with Gasteiger partial charge in [-0.3, -0.25) is 0 Å². The fourth-order valence-electron chi connectivity index (χ4n) is 3.55. The lowest BCUT2D eigenvalue weighted by atomic mass is 9.78. The zero-order valence-corrected chi connectivity index (χ0v) is 17.0. The van der Waals surface area contributed by atoms with E-state index in [9.17, 15) is 4.79 Å². The van der Waals surface area contributed by atoms with E-state index in [2.05, 4.69) is 32.9 Å². The normalized spacial score (nSPS) is 14.1. The second kappa shape index (κ2) is 17.2. The monoisotopic (exact) mass is 336 g/mol. The van der Waals surface area contributed by atoms with Crippen molar-refractivity contribution < 1.29 is 4.79 Å². The van der Waals surface area contributed by atoms with Crippen LogP contribution in [0.2, 0.25) is 0 Å². The van der Waals surface area contributed by atoms with Gasteiger partial charge >= 0.3 is 0 Å². The summed E-state index contributed by atoms with van der Waals surface area (Å²) in [6, 6.07) is 0. The summed E-state index contributed by atoms with van der Waals surface area (Å²) in [5.74, 6) is 0. The third kappa shape index (κ3) is 12.8. The molecule has 1 atom stereocenters. The number of hydrogen-bond donors (Lipinski definition) is 0. The Kier molecular flexibility index (Phi) is 16.8. The van der Waals surface area contributed by atoms with Gasteiger partial charge in [0, 0.05) is 5.41 Å². The summed E-state index contributed by atoms with van der Waals surface area (Å²) in [7, 11) is 0. The first-order chi connectivity index (χ1) is 11.7. The summed E-state index contributed by atoms with van der Waals surface area (Å²) in [5, 5.41) is 0. The predicted molar refractivity (Wildman–Crippen MR) is 109 cm³/mol. The largest absolute Gasteiger partial charge is 0.303 e. The van der Waals surface area contributed by atoms with Crippen molar-refractivity contribution in [3.8, 4) is 0 Å². The lowest BCUT2D eigenvalue weighted by molar-refractivity contribution is -0.117. The molecule has 0 aromatic carbocycles. The number of hydrogen-bond acceptors (Lipinski definition) is 1. The molecule has 0 radical (unpaired) electrons. The fraction of sp³-hybridized carbons (Fsp3) is 0.870. The van der Waals surface area contributed by atoms with Crippen molar-refractivity contribution in [2.24, 2.45) is 5.41 Å². The first-order valence-electron chi connectivity index (χ1n) is 10.9. The summed E-state index contributed by atoms with van der Waals surface area (Å²) in [5.41, 5.74) is -0.0220. The second-order valence-corrected chi connectivity index (χ2v) is 7.56. The van der Waals surface area contributed by atoms with E-state index in [4.69, 9.17) is 0 Å². The molecule has 0 spiro atoms. The minimum Gasteiger partial charge on any atom is -0.303 e. The van der Waals surface area contributed by atoms with Gasteiger partial charge < -0.3 is 4.79 Å². The molecule has 0 aromatic rings. The van der Waals surface area contributed by atoms with E-state index in [-0.39, 0.29) is 5.41 Å². The summed E-state index contributed by atoms with van der Waals surface area (Å²) >= 11 is 0. The van der Waals surface area contributed by atoms with Gasteiger partial charge in [-0.1, -0.05) is 90.7 Å². The molecule has 1 heteroatoms. The minimum absolute atomic E-state index is 0.0220. The van der Waals surface area contributed by atoms with Gasteiger partial charge in [-0.15, -0.1) is 0 Å². The molecular weight excluding hydrogens is 292 g/mol. The van der Waals surface area contributed by atoms with E-state index in [0.717, 1.165) is 25.7 Å². The van der Waals surface area contributed by atoms with E-state index in [0.29, 0.717) is 0 Å². The maximum absolute atomic E-state index is 11.4. The van der Waals surface area contributed by atoms with Gasteiger partial charge in [-0.25, -0.2) is 0 Å². The molecule has 0 aliphatic rings. The molecule has 0 saturated heterocycles. The highest BCUT2D eigenvalue weighted by atomic mass is 16.1. The smallest absolute Gasteiger partial charge is 0.126 e. The van der Waals surface area contributed by atoms with E-state index in [1.165, 1.54) is 83.3 Å². The fourth-order valence-corrected chi connectivity index (χ4v) is 3.55. The van der Waals surface area contributed by atoms with Gasteiger partial charge in [0.2, 0.25) is 0 Å². The maximum atomic E-state index is 11.4. The van der Waals surface area contributed by atoms with Gasteiger partial charge in [0.1, 0.15) is 6.29 Å². The van der Waals surface area contributed by atoms with E-state index >= 15 is 0 Å². The van der Waals surface area contributed by atoms with Gasteiger partial charge in [-0.2, -0.15) is 0 Å². The lowest BCUT2D eigenvalue weighted by Gasteiger charge is -2.26. The zero-order valence-electron chi connectivity index (χ0n) is 17.0. The number of allylic oxidation sites excluding steroid dienone is 2. The predicted octanol–water partition coefficient (Wildman–Crippen LogP) is 8.03. The Labute approximate surface area is 152 Å². The van der Waals surface area contributed by atoms with Crippen LogP contribution in [0.15, 0.2) is 12.2 Å². The molecule has 24 heavy (non-hydrogen) atoms. The Bertz CT molecular complexity index is 294. The van der Waals surface area contributed by atoms with Crippen LogP contribution in [0.4, 0.5) is 0 Å². The number of carbonyl (C=O) groups is 1. The SMILES string of the molecule is CCCCCCCCC=CCCCCCCC(C=O)(CC)CCC. The van der Waals surface area contributed by atoms with Crippen LogP contribution in [-0.4, -0.2) is 6.29 Å². The molecule has 142 valence electrons. The molecule has 0 aromatic heterocycles. The van der Waals surface area contributed by atoms with Crippen molar-refractivity contribution in [3.63, 3.8) is 0 Å². The van der Waals surface area contributed by atoms with E-state index < -0.39 is 0 Å². The van der Waals surface area contributed by atoms with Crippen LogP contribution < -0.4 is 0 Å². The maximum Gasteiger partial charge on any atom is 0.126 e. The van der Waals surface area contributed by atoms with Crippen LogP contribution in [0.5, 0.6) is 0 Å². The molecule has 0 fully saturated rings. The van der Waals surface area contributed by atoms with Gasteiger partial charge in [0.05, 0.1) is 0 Å². The lowest BCUT2D eigenvalue weighted by Crippen LogP contribution is -2.21. The van der Waals surface area contributed by atoms with Gasteiger partial charge in [0.15, 0.2) is 0 Å². The number of unbranched alkanes of at least 4 members (excludes halogenated alkanes) is 10. The second-order valence-electron chi connectivity index (χ2n) is 7.56. The van der Waals surface area contributed by atoms with Crippen molar-refractivity contribution in [1.82, 2.24) is 0 Å². The molecule has 0 N–H and O–H groups in total. The molecule has 0 rings (SSSR count). The van der Waals surface area contributed by atoms with Crippen LogP contribution in [0.3, 0.4) is 0 Å². The Morgan fingerprint density at radius 1 is 0.625 bits per heavy atom. The average Bonchev–Trinajstić information content (AvgIpc) is 2.61. The minimum atomic E-state index is -0.0220. The highest BCUT2D eigenvalue weighted by Crippen LogP contribution is 2.32. The van der Waals surface area contributed by atoms with Gasteiger partial charge in [-0.05, 0) is 44.9 Å². The Balaban J connectivity index is 3.46. The van der Waals surface area contributed by atoms with Crippen molar-refractivity contribution in [2.75, 3.05) is 0 Å². The van der Waals surface area contributed by atoms with Crippen LogP contribution in [0, 0.1) is 5.41 Å². The highest BCUT2D eigenvalue weighted by Gasteiger charge is 2.25. The third-order valence-corrected chi connectivity index (χ3v) is 5.39. The van der Waals surface area contributed by atoms with Crippen LogP contribution in [0.25, 0.3) is 0 Å². The quantitative estimate of drug-likeness (QED) is 0.141. The summed E-state index contributed by atoms with van der Waals surface area (Å²) < 4.78 is 0. The van der Waals surface area contributed by atoms with E-state index in [1.807, 2.05) is 0 Å². The Hall–Kier alpha value is -0.590. The summed E-state index contributed by atoms with van der Waals surface area (Å²) in [6.07, 6.45) is 26.2. The molecule has 1 unspecified atom stereocenters. The summed E-state index contributed by atoms with van der Waals surface area (Å²) in [4.78, 5) is 11.4. The molecule has 0 aliphatic heterocycles. The van der Waals surface area contributed by atoms with Crippen molar-refractivity contribution >= 4 is 6.29 Å². The Morgan fingerprint density at radius 2 is 1.17 bits per heavy atom. The molecule has 0 bridgehead atoms. The Morgan fingerprint density at radius 3 is 1.67 bits per heavy atom. The standard InChI is InChI=1S/C23H44O/c1-4-7-8-9-10-11-12-13-14-15-16-17-18-19-21-23(6-3,22-24)20-5-2/h13-14,22H,4-12,15-21H2,1-3H3. The number of rotatable bonds is 18. The van der Waals surface area contributed by atoms with Crippen molar-refractivity contribution in [3.05, 3.63) is 12.2 Å². The van der Waals surface area contributed by atoms with Crippen molar-refractivity contribution in [1.29, 1.82) is 0 Å². The topological polar surface area (TPSA) is 17.1 Å².